The molecule has 144 valence electrons. The van der Waals surface area contributed by atoms with Crippen LogP contribution in [0.15, 0.2) is 53.1 Å². The van der Waals surface area contributed by atoms with Gasteiger partial charge in [-0.25, -0.2) is 0 Å². The lowest BCUT2D eigenvalue weighted by molar-refractivity contribution is 0.0734. The van der Waals surface area contributed by atoms with E-state index in [1.165, 1.54) is 0 Å². The van der Waals surface area contributed by atoms with Crippen LogP contribution < -0.4 is 0 Å². The first-order valence-electron chi connectivity index (χ1n) is 9.34. The van der Waals surface area contributed by atoms with E-state index in [-0.39, 0.29) is 18.2 Å². The Morgan fingerprint density at radius 2 is 1.75 bits per heavy atom. The van der Waals surface area contributed by atoms with Crippen LogP contribution in [0.5, 0.6) is 0 Å². The van der Waals surface area contributed by atoms with Gasteiger partial charge in [0, 0.05) is 24.1 Å². The summed E-state index contributed by atoms with van der Waals surface area (Å²) in [6.45, 7) is 6.31. The van der Waals surface area contributed by atoms with E-state index in [1.54, 1.807) is 24.0 Å². The molecular weight excluding hydrogens is 354 g/mol. The van der Waals surface area contributed by atoms with Gasteiger partial charge in [0.1, 0.15) is 6.54 Å². The quantitative estimate of drug-likeness (QED) is 0.574. The first kappa shape index (κ1) is 19.5. The van der Waals surface area contributed by atoms with Gasteiger partial charge < -0.3 is 9.42 Å². The largest absolute Gasteiger partial charge is 0.337 e. The number of rotatable bonds is 7. The minimum Gasteiger partial charge on any atom is -0.337 e. The zero-order valence-electron chi connectivity index (χ0n) is 16.3. The smallest absolute Gasteiger partial charge is 0.254 e. The van der Waals surface area contributed by atoms with E-state index < -0.39 is 0 Å². The van der Waals surface area contributed by atoms with Gasteiger partial charge in [0.2, 0.25) is 5.89 Å². The van der Waals surface area contributed by atoms with Gasteiger partial charge in [-0.1, -0.05) is 42.4 Å². The van der Waals surface area contributed by atoms with Gasteiger partial charge in [0.15, 0.2) is 11.6 Å². The van der Waals surface area contributed by atoms with Gasteiger partial charge in [-0.05, 0) is 43.2 Å². The number of benzene rings is 2. The van der Waals surface area contributed by atoms with Gasteiger partial charge in [-0.2, -0.15) is 4.98 Å². The molecular formula is C22H23N3O3. The molecule has 6 nitrogen and oxygen atoms in total. The summed E-state index contributed by atoms with van der Waals surface area (Å²) in [4.78, 5) is 30.6. The number of aromatic nitrogens is 2. The topological polar surface area (TPSA) is 76.3 Å². The van der Waals surface area contributed by atoms with Crippen molar-refractivity contribution in [3.63, 3.8) is 0 Å². The number of hydrogen-bond donors (Lipinski definition) is 0. The molecule has 0 atom stereocenters. The van der Waals surface area contributed by atoms with Gasteiger partial charge in [0.25, 0.3) is 5.91 Å². The average Bonchev–Trinajstić information content (AvgIpc) is 3.15. The molecule has 0 N–H and O–H groups in total. The molecule has 3 aromatic rings. The van der Waals surface area contributed by atoms with Crippen molar-refractivity contribution in [3.8, 4) is 11.1 Å². The molecule has 0 bridgehead atoms. The third kappa shape index (κ3) is 4.34. The maximum absolute atomic E-state index is 12.8. The Balaban J connectivity index is 1.77. The summed E-state index contributed by atoms with van der Waals surface area (Å²) in [6.07, 6.45) is 0.476. The molecule has 0 saturated carbocycles. The monoisotopic (exact) mass is 377 g/mol. The predicted molar refractivity (Wildman–Crippen MR) is 106 cm³/mol. The van der Waals surface area contributed by atoms with E-state index in [0.29, 0.717) is 35.8 Å². The molecule has 0 aliphatic carbocycles. The van der Waals surface area contributed by atoms with Crippen LogP contribution in [0, 0.1) is 6.92 Å². The summed E-state index contributed by atoms with van der Waals surface area (Å²) in [5.41, 5.74) is 3.19. The van der Waals surface area contributed by atoms with Crippen molar-refractivity contribution in [2.75, 3.05) is 6.54 Å². The van der Waals surface area contributed by atoms with Crippen LogP contribution in [-0.4, -0.2) is 33.3 Å². The van der Waals surface area contributed by atoms with E-state index in [9.17, 15) is 9.59 Å². The lowest BCUT2D eigenvalue weighted by atomic mass is 9.99. The zero-order valence-corrected chi connectivity index (χ0v) is 16.3. The second kappa shape index (κ2) is 8.61. The highest BCUT2D eigenvalue weighted by molar-refractivity contribution is 5.97. The highest BCUT2D eigenvalue weighted by atomic mass is 16.5. The van der Waals surface area contributed by atoms with Crippen LogP contribution in [-0.2, 0) is 6.54 Å². The van der Waals surface area contributed by atoms with Crippen LogP contribution in [0.2, 0.25) is 0 Å². The predicted octanol–water partition coefficient (Wildman–Crippen LogP) is 4.30. The summed E-state index contributed by atoms with van der Waals surface area (Å²) in [5, 5.41) is 3.76. The molecule has 2 aromatic carbocycles. The fourth-order valence-electron chi connectivity index (χ4n) is 2.96. The Morgan fingerprint density at radius 3 is 2.36 bits per heavy atom. The molecule has 0 saturated heterocycles. The number of carbonyl (C=O) groups excluding carboxylic acids is 2. The zero-order chi connectivity index (χ0) is 20.1. The van der Waals surface area contributed by atoms with Crippen LogP contribution in [0.25, 0.3) is 11.1 Å². The molecule has 6 heteroatoms. The van der Waals surface area contributed by atoms with Crippen molar-refractivity contribution in [1.82, 2.24) is 15.0 Å². The number of Topliss-reactive ketones (excluding diaryl/α,β-unsaturated/α-hetero) is 1. The SMILES string of the molecule is CCC(=O)c1cccc(-c2ccc(C(=O)N(CC)Cc3nc(C)no3)cc2)c1. The molecule has 0 aliphatic heterocycles. The van der Waals surface area contributed by atoms with Crippen molar-refractivity contribution in [1.29, 1.82) is 0 Å². The fraction of sp³-hybridized carbons (Fsp3) is 0.273. The highest BCUT2D eigenvalue weighted by Crippen LogP contribution is 2.22. The van der Waals surface area contributed by atoms with Gasteiger partial charge >= 0.3 is 0 Å². The van der Waals surface area contributed by atoms with Crippen LogP contribution in [0.4, 0.5) is 0 Å². The molecule has 1 aromatic heterocycles. The molecule has 0 unspecified atom stereocenters. The summed E-state index contributed by atoms with van der Waals surface area (Å²) in [7, 11) is 0. The van der Waals surface area contributed by atoms with E-state index >= 15 is 0 Å². The molecule has 3 rings (SSSR count). The lowest BCUT2D eigenvalue weighted by Gasteiger charge is -2.19. The normalized spacial score (nSPS) is 10.7. The van der Waals surface area contributed by atoms with E-state index in [1.807, 2.05) is 50.2 Å². The Kier molecular flexibility index (Phi) is 5.99. The van der Waals surface area contributed by atoms with E-state index in [4.69, 9.17) is 4.52 Å². The van der Waals surface area contributed by atoms with Crippen molar-refractivity contribution < 1.29 is 14.1 Å². The highest BCUT2D eigenvalue weighted by Gasteiger charge is 2.17. The molecule has 0 spiro atoms. The van der Waals surface area contributed by atoms with Crippen LogP contribution in [0.1, 0.15) is 52.7 Å². The first-order chi connectivity index (χ1) is 13.5. The standard InChI is InChI=1S/C22H23N3O3/c1-4-20(26)19-8-6-7-18(13-19)16-9-11-17(12-10-16)22(27)25(5-2)14-21-23-15(3)24-28-21/h6-13H,4-5,14H2,1-3H3. The number of carbonyl (C=O) groups is 2. The number of aryl methyl sites for hydroxylation is 1. The lowest BCUT2D eigenvalue weighted by Crippen LogP contribution is -2.30. The third-order valence-electron chi connectivity index (χ3n) is 4.54. The maximum atomic E-state index is 12.8. The molecule has 0 radical (unpaired) electrons. The average molecular weight is 377 g/mol. The minimum atomic E-state index is -0.0974. The van der Waals surface area contributed by atoms with Crippen LogP contribution in [0.3, 0.4) is 0 Å². The minimum absolute atomic E-state index is 0.0974. The Hall–Kier alpha value is -3.28. The first-order valence-corrected chi connectivity index (χ1v) is 9.34. The van der Waals surface area contributed by atoms with Crippen molar-refractivity contribution in [2.24, 2.45) is 0 Å². The van der Waals surface area contributed by atoms with E-state index in [2.05, 4.69) is 10.1 Å². The number of amides is 1. The van der Waals surface area contributed by atoms with Crippen molar-refractivity contribution in [3.05, 3.63) is 71.4 Å². The molecule has 0 fully saturated rings. The number of hydrogen-bond acceptors (Lipinski definition) is 5. The molecule has 28 heavy (non-hydrogen) atoms. The summed E-state index contributed by atoms with van der Waals surface area (Å²) in [5.74, 6) is 0.983. The summed E-state index contributed by atoms with van der Waals surface area (Å²) >= 11 is 0. The van der Waals surface area contributed by atoms with Gasteiger partial charge in [0.05, 0.1) is 0 Å². The second-order valence-corrected chi connectivity index (χ2v) is 6.49. The van der Waals surface area contributed by atoms with Gasteiger partial charge in [-0.15, -0.1) is 0 Å². The summed E-state index contributed by atoms with van der Waals surface area (Å²) < 4.78 is 5.12. The third-order valence-corrected chi connectivity index (χ3v) is 4.54. The molecule has 0 aliphatic rings. The number of nitrogens with zero attached hydrogens (tertiary/aromatic N) is 3. The molecule has 1 amide bonds. The Bertz CT molecular complexity index is 977. The Labute approximate surface area is 164 Å². The maximum Gasteiger partial charge on any atom is 0.254 e. The van der Waals surface area contributed by atoms with Crippen molar-refractivity contribution in [2.45, 2.75) is 33.7 Å². The molecule has 1 heterocycles. The van der Waals surface area contributed by atoms with Crippen LogP contribution >= 0.6 is 0 Å². The Morgan fingerprint density at radius 1 is 1.00 bits per heavy atom. The number of ketones is 1. The summed E-state index contributed by atoms with van der Waals surface area (Å²) in [6, 6.07) is 14.9. The van der Waals surface area contributed by atoms with Gasteiger partial charge in [-0.3, -0.25) is 9.59 Å². The van der Waals surface area contributed by atoms with E-state index in [0.717, 1.165) is 11.1 Å². The van der Waals surface area contributed by atoms with Crippen molar-refractivity contribution >= 4 is 11.7 Å². The second-order valence-electron chi connectivity index (χ2n) is 6.49. The fourth-order valence-corrected chi connectivity index (χ4v) is 2.96.